The molecule has 0 bridgehead atoms. The highest BCUT2D eigenvalue weighted by molar-refractivity contribution is 6.31. The van der Waals surface area contributed by atoms with Crippen LogP contribution in [0.1, 0.15) is 22.9 Å². The summed E-state index contributed by atoms with van der Waals surface area (Å²) >= 11 is 6.21. The summed E-state index contributed by atoms with van der Waals surface area (Å²) in [6.07, 6.45) is 1.57. The zero-order chi connectivity index (χ0) is 15.4. The van der Waals surface area contributed by atoms with Gasteiger partial charge < -0.3 is 14.8 Å². The molecule has 0 amide bonds. The van der Waals surface area contributed by atoms with Crippen molar-refractivity contribution in [3.8, 4) is 11.8 Å². The number of ether oxygens (including phenoxy) is 2. The lowest BCUT2D eigenvalue weighted by atomic mass is 10.0. The van der Waals surface area contributed by atoms with Crippen molar-refractivity contribution >= 4 is 11.6 Å². The van der Waals surface area contributed by atoms with E-state index >= 15 is 0 Å². The van der Waals surface area contributed by atoms with Crippen LogP contribution in [0.2, 0.25) is 5.02 Å². The Bertz CT molecular complexity index is 634. The summed E-state index contributed by atoms with van der Waals surface area (Å²) in [7, 11) is 4.95. The van der Waals surface area contributed by atoms with Crippen molar-refractivity contribution in [3.63, 3.8) is 0 Å². The average Bonchev–Trinajstić information content (AvgIpc) is 2.51. The van der Waals surface area contributed by atoms with Gasteiger partial charge in [-0.15, -0.1) is 0 Å². The minimum Gasteiger partial charge on any atom is -0.480 e. The number of aromatic nitrogens is 2. The molecule has 0 saturated carbocycles. The Kier molecular flexibility index (Phi) is 4.98. The predicted octanol–water partition coefficient (Wildman–Crippen LogP) is 2.76. The second-order valence-corrected chi connectivity index (χ2v) is 4.94. The van der Waals surface area contributed by atoms with E-state index in [2.05, 4.69) is 15.3 Å². The van der Waals surface area contributed by atoms with E-state index in [1.54, 1.807) is 20.4 Å². The molecule has 1 heterocycles. The zero-order valence-corrected chi connectivity index (χ0v) is 13.2. The van der Waals surface area contributed by atoms with Gasteiger partial charge >= 0.3 is 0 Å². The second kappa shape index (κ2) is 6.74. The average molecular weight is 308 g/mol. The van der Waals surface area contributed by atoms with Crippen molar-refractivity contribution in [1.82, 2.24) is 15.3 Å². The van der Waals surface area contributed by atoms with Crippen molar-refractivity contribution in [1.29, 1.82) is 0 Å². The van der Waals surface area contributed by atoms with Crippen LogP contribution in [0.4, 0.5) is 0 Å². The smallest absolute Gasteiger partial charge is 0.240 e. The van der Waals surface area contributed by atoms with Gasteiger partial charge in [-0.2, -0.15) is 4.98 Å². The van der Waals surface area contributed by atoms with Gasteiger partial charge in [0, 0.05) is 5.02 Å². The second-order valence-electron chi connectivity index (χ2n) is 4.54. The molecule has 0 aliphatic heterocycles. The third-order valence-corrected chi connectivity index (χ3v) is 3.65. The van der Waals surface area contributed by atoms with Crippen LogP contribution in [0.15, 0.2) is 24.4 Å². The number of nitrogens with zero attached hydrogens (tertiary/aromatic N) is 2. The van der Waals surface area contributed by atoms with Crippen molar-refractivity contribution < 1.29 is 9.47 Å². The fourth-order valence-electron chi connectivity index (χ4n) is 2.06. The van der Waals surface area contributed by atoms with E-state index in [4.69, 9.17) is 21.1 Å². The van der Waals surface area contributed by atoms with E-state index in [-0.39, 0.29) is 6.04 Å². The molecular formula is C15H18ClN3O2. The largest absolute Gasteiger partial charge is 0.480 e. The molecule has 1 N–H and O–H groups in total. The van der Waals surface area contributed by atoms with E-state index in [1.807, 2.05) is 32.2 Å². The van der Waals surface area contributed by atoms with Gasteiger partial charge in [-0.1, -0.05) is 23.7 Å². The van der Waals surface area contributed by atoms with Crippen LogP contribution in [-0.2, 0) is 0 Å². The monoisotopic (exact) mass is 307 g/mol. The number of halogens is 1. The summed E-state index contributed by atoms with van der Waals surface area (Å²) in [6.45, 7) is 1.97. The van der Waals surface area contributed by atoms with Crippen molar-refractivity contribution in [2.75, 3.05) is 21.3 Å². The summed E-state index contributed by atoms with van der Waals surface area (Å²) in [5, 5.41) is 3.93. The molecule has 0 radical (unpaired) electrons. The van der Waals surface area contributed by atoms with Crippen LogP contribution in [-0.4, -0.2) is 31.2 Å². The van der Waals surface area contributed by atoms with Gasteiger partial charge in [0.15, 0.2) is 0 Å². The third-order valence-electron chi connectivity index (χ3n) is 3.24. The maximum absolute atomic E-state index is 6.21. The molecule has 2 aromatic rings. The summed E-state index contributed by atoms with van der Waals surface area (Å²) in [5.41, 5.74) is 2.70. The van der Waals surface area contributed by atoms with Crippen LogP contribution in [0.5, 0.6) is 11.8 Å². The summed E-state index contributed by atoms with van der Waals surface area (Å²) in [5.74, 6) is 0.831. The van der Waals surface area contributed by atoms with E-state index in [1.165, 1.54) is 0 Å². The Morgan fingerprint density at radius 2 is 2.00 bits per heavy atom. The molecular weight excluding hydrogens is 290 g/mol. The van der Waals surface area contributed by atoms with Crippen LogP contribution >= 0.6 is 11.6 Å². The summed E-state index contributed by atoms with van der Waals surface area (Å²) in [4.78, 5) is 8.67. The fraction of sp³-hybridized carbons (Fsp3) is 0.333. The SMILES string of the molecule is CNC(c1ccc(C)c(Cl)c1)c1ncc(OC)nc1OC. The van der Waals surface area contributed by atoms with E-state index in [0.717, 1.165) is 11.1 Å². The molecule has 112 valence electrons. The molecule has 6 heteroatoms. The number of nitrogens with one attached hydrogen (secondary N) is 1. The zero-order valence-electron chi connectivity index (χ0n) is 12.5. The van der Waals surface area contributed by atoms with Gasteiger partial charge in [0.1, 0.15) is 5.69 Å². The lowest BCUT2D eigenvalue weighted by Gasteiger charge is -2.19. The highest BCUT2D eigenvalue weighted by Crippen LogP contribution is 2.30. The standard InChI is InChI=1S/C15H18ClN3O2/c1-9-5-6-10(7-11(9)16)13(17-2)14-15(21-4)19-12(20-3)8-18-14/h5-8,13,17H,1-4H3. The first-order valence-electron chi connectivity index (χ1n) is 6.49. The molecule has 1 atom stereocenters. The molecule has 0 aliphatic rings. The number of hydrogen-bond donors (Lipinski definition) is 1. The summed E-state index contributed by atoms with van der Waals surface area (Å²) < 4.78 is 10.4. The Morgan fingerprint density at radius 3 is 2.57 bits per heavy atom. The predicted molar refractivity (Wildman–Crippen MR) is 82.2 cm³/mol. The maximum Gasteiger partial charge on any atom is 0.240 e. The van der Waals surface area contributed by atoms with Crippen LogP contribution in [0.3, 0.4) is 0 Å². The number of aryl methyl sites for hydroxylation is 1. The molecule has 0 aliphatic carbocycles. The lowest BCUT2D eigenvalue weighted by molar-refractivity contribution is 0.353. The fourth-order valence-corrected chi connectivity index (χ4v) is 2.25. The molecule has 1 aromatic carbocycles. The van der Waals surface area contributed by atoms with Crippen molar-refractivity contribution in [3.05, 3.63) is 46.2 Å². The molecule has 21 heavy (non-hydrogen) atoms. The number of benzene rings is 1. The van der Waals surface area contributed by atoms with Gasteiger partial charge in [-0.3, -0.25) is 0 Å². The highest BCUT2D eigenvalue weighted by Gasteiger charge is 2.20. The van der Waals surface area contributed by atoms with Gasteiger partial charge in [-0.25, -0.2) is 4.98 Å². The first kappa shape index (κ1) is 15.5. The first-order chi connectivity index (χ1) is 10.1. The molecule has 5 nitrogen and oxygen atoms in total. The number of rotatable bonds is 5. The Balaban J connectivity index is 2.47. The quantitative estimate of drug-likeness (QED) is 0.920. The normalized spacial score (nSPS) is 12.0. The maximum atomic E-state index is 6.21. The van der Waals surface area contributed by atoms with E-state index < -0.39 is 0 Å². The molecule has 1 unspecified atom stereocenters. The minimum atomic E-state index is -0.170. The van der Waals surface area contributed by atoms with E-state index in [0.29, 0.717) is 22.5 Å². The Morgan fingerprint density at radius 1 is 1.24 bits per heavy atom. The van der Waals surface area contributed by atoms with E-state index in [9.17, 15) is 0 Å². The molecule has 2 rings (SSSR count). The van der Waals surface area contributed by atoms with Crippen molar-refractivity contribution in [2.45, 2.75) is 13.0 Å². The lowest BCUT2D eigenvalue weighted by Crippen LogP contribution is -2.20. The summed E-state index contributed by atoms with van der Waals surface area (Å²) in [6, 6.07) is 5.74. The first-order valence-corrected chi connectivity index (χ1v) is 6.86. The Hall–Kier alpha value is -1.85. The highest BCUT2D eigenvalue weighted by atomic mass is 35.5. The van der Waals surface area contributed by atoms with Crippen LogP contribution in [0.25, 0.3) is 0 Å². The molecule has 1 aromatic heterocycles. The molecule has 0 spiro atoms. The van der Waals surface area contributed by atoms with Gasteiger partial charge in [-0.05, 0) is 31.2 Å². The molecule has 0 saturated heterocycles. The number of hydrogen-bond acceptors (Lipinski definition) is 5. The van der Waals surface area contributed by atoms with Gasteiger partial charge in [0.25, 0.3) is 0 Å². The topological polar surface area (TPSA) is 56.3 Å². The Labute approximate surface area is 129 Å². The van der Waals surface area contributed by atoms with Gasteiger partial charge in [0.2, 0.25) is 11.8 Å². The van der Waals surface area contributed by atoms with Crippen molar-refractivity contribution in [2.24, 2.45) is 0 Å². The van der Waals surface area contributed by atoms with Gasteiger partial charge in [0.05, 0.1) is 26.5 Å². The number of methoxy groups -OCH3 is 2. The third kappa shape index (κ3) is 3.25. The van der Waals surface area contributed by atoms with Crippen LogP contribution in [0, 0.1) is 6.92 Å². The molecule has 0 fully saturated rings. The minimum absolute atomic E-state index is 0.170. The van der Waals surface area contributed by atoms with Crippen LogP contribution < -0.4 is 14.8 Å².